The molecule has 0 bridgehead atoms. The topological polar surface area (TPSA) is 98.2 Å². The summed E-state index contributed by atoms with van der Waals surface area (Å²) in [6.45, 7) is 7.09. The SMILES string of the molecule is COc1ccc(CN(Cc2cc3cc(C)cc(C)c3[nH]c2=O)Cc2nnnn2C[C@H]2CCCO2)cc1. The molecule has 3 heterocycles. The molecule has 1 fully saturated rings. The highest BCUT2D eigenvalue weighted by Gasteiger charge is 2.21. The number of aromatic amines is 1. The van der Waals surface area contributed by atoms with E-state index in [1.54, 1.807) is 7.11 Å². The summed E-state index contributed by atoms with van der Waals surface area (Å²) < 4.78 is 12.9. The third-order valence-corrected chi connectivity index (χ3v) is 6.70. The molecular formula is C27H32N6O3. The number of aryl methyl sites for hydroxylation is 2. The predicted octanol–water partition coefficient (Wildman–Crippen LogP) is 3.52. The zero-order chi connectivity index (χ0) is 25.1. The van der Waals surface area contributed by atoms with Gasteiger partial charge in [0.05, 0.1) is 31.8 Å². The van der Waals surface area contributed by atoms with E-state index in [9.17, 15) is 4.79 Å². The van der Waals surface area contributed by atoms with Crippen LogP contribution in [0.15, 0.2) is 47.3 Å². The number of aromatic nitrogens is 5. The summed E-state index contributed by atoms with van der Waals surface area (Å²) in [6, 6.07) is 14.2. The van der Waals surface area contributed by atoms with Crippen molar-refractivity contribution in [1.82, 2.24) is 30.1 Å². The Morgan fingerprint density at radius 3 is 2.72 bits per heavy atom. The molecule has 36 heavy (non-hydrogen) atoms. The number of rotatable bonds is 9. The molecule has 9 nitrogen and oxygen atoms in total. The molecule has 0 unspecified atom stereocenters. The van der Waals surface area contributed by atoms with Crippen LogP contribution in [0.5, 0.6) is 5.75 Å². The summed E-state index contributed by atoms with van der Waals surface area (Å²) in [6.07, 6.45) is 2.22. The fraction of sp³-hybridized carbons (Fsp3) is 0.407. The third-order valence-electron chi connectivity index (χ3n) is 6.70. The van der Waals surface area contributed by atoms with Crippen LogP contribution < -0.4 is 10.3 Å². The Morgan fingerprint density at radius 1 is 1.14 bits per heavy atom. The smallest absolute Gasteiger partial charge is 0.252 e. The summed E-state index contributed by atoms with van der Waals surface area (Å²) in [7, 11) is 1.66. The number of ether oxygens (including phenoxy) is 2. The van der Waals surface area contributed by atoms with Crippen molar-refractivity contribution in [3.05, 3.63) is 80.9 Å². The van der Waals surface area contributed by atoms with E-state index in [4.69, 9.17) is 9.47 Å². The van der Waals surface area contributed by atoms with Crippen molar-refractivity contribution in [3.63, 3.8) is 0 Å². The first kappa shape index (κ1) is 24.1. The maximum absolute atomic E-state index is 13.1. The maximum atomic E-state index is 13.1. The molecule has 0 radical (unpaired) electrons. The van der Waals surface area contributed by atoms with E-state index in [2.05, 4.69) is 44.5 Å². The standard InChI is InChI=1S/C27H32N6O3/c1-18-11-19(2)26-21(12-18)13-22(27(34)28-26)15-32(14-20-6-8-23(35-3)9-7-20)17-25-29-30-31-33(25)16-24-5-4-10-36-24/h6-9,11-13,24H,4-5,10,14-17H2,1-3H3,(H,28,34)/t24-/m1/s1. The fourth-order valence-electron chi connectivity index (χ4n) is 4.91. The first-order valence-electron chi connectivity index (χ1n) is 12.3. The fourth-order valence-corrected chi connectivity index (χ4v) is 4.91. The number of methoxy groups -OCH3 is 1. The van der Waals surface area contributed by atoms with Gasteiger partial charge >= 0.3 is 0 Å². The van der Waals surface area contributed by atoms with E-state index in [0.717, 1.165) is 53.1 Å². The molecule has 1 aliphatic rings. The molecule has 1 atom stereocenters. The Bertz CT molecular complexity index is 1390. The molecule has 1 saturated heterocycles. The summed E-state index contributed by atoms with van der Waals surface area (Å²) in [5, 5.41) is 13.5. The summed E-state index contributed by atoms with van der Waals surface area (Å²) >= 11 is 0. The van der Waals surface area contributed by atoms with Crippen molar-refractivity contribution in [3.8, 4) is 5.75 Å². The van der Waals surface area contributed by atoms with Crippen LogP contribution in [-0.2, 0) is 30.9 Å². The van der Waals surface area contributed by atoms with Crippen molar-refractivity contribution < 1.29 is 9.47 Å². The van der Waals surface area contributed by atoms with Gasteiger partial charge in [-0.1, -0.05) is 23.8 Å². The number of hydrogen-bond acceptors (Lipinski definition) is 7. The molecule has 188 valence electrons. The Hall–Kier alpha value is -3.56. The van der Waals surface area contributed by atoms with Gasteiger partial charge in [-0.3, -0.25) is 9.69 Å². The molecule has 2 aromatic carbocycles. The zero-order valence-electron chi connectivity index (χ0n) is 21.0. The first-order valence-corrected chi connectivity index (χ1v) is 12.3. The van der Waals surface area contributed by atoms with E-state index >= 15 is 0 Å². The van der Waals surface area contributed by atoms with Gasteiger partial charge in [0.25, 0.3) is 5.56 Å². The molecule has 9 heteroatoms. The van der Waals surface area contributed by atoms with E-state index in [1.807, 2.05) is 41.9 Å². The van der Waals surface area contributed by atoms with Crippen LogP contribution in [0.3, 0.4) is 0 Å². The molecular weight excluding hydrogens is 456 g/mol. The molecule has 1 N–H and O–H groups in total. The van der Waals surface area contributed by atoms with Crippen LogP contribution in [0.4, 0.5) is 0 Å². The molecule has 0 spiro atoms. The minimum Gasteiger partial charge on any atom is -0.497 e. The highest BCUT2D eigenvalue weighted by Crippen LogP contribution is 2.21. The highest BCUT2D eigenvalue weighted by molar-refractivity contribution is 5.82. The quantitative estimate of drug-likeness (QED) is 0.385. The summed E-state index contributed by atoms with van der Waals surface area (Å²) in [5.74, 6) is 1.56. The van der Waals surface area contributed by atoms with Gasteiger partial charge in [0.2, 0.25) is 0 Å². The molecule has 0 amide bonds. The van der Waals surface area contributed by atoms with Gasteiger partial charge in [-0.15, -0.1) is 5.10 Å². The lowest BCUT2D eigenvalue weighted by Crippen LogP contribution is -2.29. The Kier molecular flexibility index (Phi) is 7.11. The Balaban J connectivity index is 1.44. The zero-order valence-corrected chi connectivity index (χ0v) is 21.0. The van der Waals surface area contributed by atoms with Crippen LogP contribution in [0.1, 0.15) is 40.9 Å². The third kappa shape index (κ3) is 5.47. The van der Waals surface area contributed by atoms with Gasteiger partial charge in [0, 0.05) is 25.3 Å². The first-order chi connectivity index (χ1) is 17.5. The van der Waals surface area contributed by atoms with Crippen molar-refractivity contribution in [2.24, 2.45) is 0 Å². The summed E-state index contributed by atoms with van der Waals surface area (Å²) in [4.78, 5) is 18.4. The van der Waals surface area contributed by atoms with Crippen LogP contribution in [-0.4, -0.2) is 49.9 Å². The van der Waals surface area contributed by atoms with Gasteiger partial charge in [-0.25, -0.2) is 4.68 Å². The Morgan fingerprint density at radius 2 is 1.97 bits per heavy atom. The normalized spacial score (nSPS) is 15.7. The molecule has 5 rings (SSSR count). The van der Waals surface area contributed by atoms with Gasteiger partial charge in [-0.05, 0) is 77.9 Å². The molecule has 4 aromatic rings. The number of hydrogen-bond donors (Lipinski definition) is 1. The van der Waals surface area contributed by atoms with E-state index < -0.39 is 0 Å². The molecule has 0 aliphatic carbocycles. The monoisotopic (exact) mass is 488 g/mol. The van der Waals surface area contributed by atoms with Crippen molar-refractivity contribution in [2.45, 2.75) is 59.0 Å². The number of fused-ring (bicyclic) bond motifs is 1. The van der Waals surface area contributed by atoms with Crippen LogP contribution in [0, 0.1) is 13.8 Å². The molecule has 0 saturated carbocycles. The van der Waals surface area contributed by atoms with E-state index in [1.165, 1.54) is 5.56 Å². The van der Waals surface area contributed by atoms with Crippen molar-refractivity contribution in [1.29, 1.82) is 0 Å². The average molecular weight is 489 g/mol. The van der Waals surface area contributed by atoms with Gasteiger partial charge in [-0.2, -0.15) is 0 Å². The van der Waals surface area contributed by atoms with Crippen LogP contribution >= 0.6 is 0 Å². The number of nitrogens with one attached hydrogen (secondary N) is 1. The lowest BCUT2D eigenvalue weighted by Gasteiger charge is -2.22. The van der Waals surface area contributed by atoms with Crippen LogP contribution in [0.25, 0.3) is 10.9 Å². The van der Waals surface area contributed by atoms with E-state index in [0.29, 0.717) is 31.7 Å². The second-order valence-corrected chi connectivity index (χ2v) is 9.58. The number of benzene rings is 2. The lowest BCUT2D eigenvalue weighted by molar-refractivity contribution is 0.0914. The number of H-pyrrole nitrogens is 1. The second-order valence-electron chi connectivity index (χ2n) is 9.58. The Labute approximate surface area is 210 Å². The number of pyridine rings is 1. The van der Waals surface area contributed by atoms with Crippen molar-refractivity contribution >= 4 is 10.9 Å². The largest absolute Gasteiger partial charge is 0.497 e. The predicted molar refractivity (Wildman–Crippen MR) is 137 cm³/mol. The molecule has 2 aromatic heterocycles. The van der Waals surface area contributed by atoms with Gasteiger partial charge in [0.1, 0.15) is 5.75 Å². The van der Waals surface area contributed by atoms with Gasteiger partial charge in [0.15, 0.2) is 5.82 Å². The van der Waals surface area contributed by atoms with Crippen LogP contribution in [0.2, 0.25) is 0 Å². The lowest BCUT2D eigenvalue weighted by atomic mass is 10.0. The van der Waals surface area contributed by atoms with Gasteiger partial charge < -0.3 is 14.5 Å². The number of nitrogens with zero attached hydrogens (tertiary/aromatic N) is 5. The average Bonchev–Trinajstić information content (AvgIpc) is 3.53. The highest BCUT2D eigenvalue weighted by atomic mass is 16.5. The minimum atomic E-state index is -0.0758. The van der Waals surface area contributed by atoms with E-state index in [-0.39, 0.29) is 11.7 Å². The van der Waals surface area contributed by atoms with Crippen molar-refractivity contribution in [2.75, 3.05) is 13.7 Å². The molecule has 1 aliphatic heterocycles. The maximum Gasteiger partial charge on any atom is 0.252 e. The second kappa shape index (κ2) is 10.6. The minimum absolute atomic E-state index is 0.0758. The summed E-state index contributed by atoms with van der Waals surface area (Å²) in [5.41, 5.74) is 4.86. The number of tetrazole rings is 1.